The Labute approximate surface area is 227 Å². The van der Waals surface area contributed by atoms with E-state index >= 15 is 0 Å². The summed E-state index contributed by atoms with van der Waals surface area (Å²) in [6.07, 6.45) is 4.31. The third-order valence-electron chi connectivity index (χ3n) is 7.33. The Balaban J connectivity index is 0.000000555. The first-order valence-electron chi connectivity index (χ1n) is 13.3. The van der Waals surface area contributed by atoms with Crippen LogP contribution in [0.15, 0.2) is 60.9 Å². The van der Waals surface area contributed by atoms with E-state index < -0.39 is 0 Å². The molecule has 206 valence electrons. The van der Waals surface area contributed by atoms with E-state index in [1.807, 2.05) is 17.7 Å². The minimum atomic E-state index is -0.277. The SMILES string of the molecule is C1CCOC1.CC1CN(C(c2ccc(F)cc2)c2ccc(F)cc2)CCN1c1cc(NN)nc2c1ncn2C. The molecule has 1 unspecified atom stereocenters. The second kappa shape index (κ2) is 12.1. The van der Waals surface area contributed by atoms with E-state index in [1.165, 1.54) is 37.1 Å². The lowest BCUT2D eigenvalue weighted by Crippen LogP contribution is -2.53. The standard InChI is InChI=1S/C25H27F2N7.C4H8O/c1-16-14-33(24(17-3-7-19(26)8-4-17)18-5-9-20(27)10-6-18)11-12-34(16)21-13-22(31-28)30-25-23(21)29-15-32(25)2;1-2-4-5-3-1/h3-10,13,15-16,24H,11-12,14,28H2,1-2H3,(H,30,31);1-4H2. The van der Waals surface area contributed by atoms with Gasteiger partial charge in [-0.05, 0) is 55.2 Å². The lowest BCUT2D eigenvalue weighted by molar-refractivity contribution is 0.188. The van der Waals surface area contributed by atoms with Crippen LogP contribution in [0.25, 0.3) is 11.2 Å². The number of pyridine rings is 1. The molecule has 10 heteroatoms. The molecule has 2 aliphatic rings. The monoisotopic (exact) mass is 535 g/mol. The van der Waals surface area contributed by atoms with Crippen molar-refractivity contribution in [1.29, 1.82) is 0 Å². The van der Waals surface area contributed by atoms with E-state index in [9.17, 15) is 8.78 Å². The van der Waals surface area contributed by atoms with Gasteiger partial charge in [-0.2, -0.15) is 0 Å². The molecule has 0 spiro atoms. The second-order valence-electron chi connectivity index (χ2n) is 10.1. The summed E-state index contributed by atoms with van der Waals surface area (Å²) >= 11 is 0. The van der Waals surface area contributed by atoms with Gasteiger partial charge < -0.3 is 19.6 Å². The molecule has 2 aromatic heterocycles. The number of aromatic nitrogens is 3. The Kier molecular flexibility index (Phi) is 8.35. The molecule has 2 saturated heterocycles. The van der Waals surface area contributed by atoms with E-state index in [1.54, 1.807) is 30.6 Å². The van der Waals surface area contributed by atoms with Gasteiger partial charge in [0, 0.05) is 52.0 Å². The van der Waals surface area contributed by atoms with Gasteiger partial charge in [0.15, 0.2) is 5.65 Å². The van der Waals surface area contributed by atoms with E-state index in [0.29, 0.717) is 5.82 Å². The maximum atomic E-state index is 13.6. The topological polar surface area (TPSA) is 84.5 Å². The van der Waals surface area contributed by atoms with Crippen molar-refractivity contribution in [3.05, 3.63) is 83.7 Å². The lowest BCUT2D eigenvalue weighted by Gasteiger charge is -2.44. The number of ether oxygens (including phenoxy) is 1. The van der Waals surface area contributed by atoms with Gasteiger partial charge in [0.2, 0.25) is 0 Å². The third kappa shape index (κ3) is 6.03. The first-order chi connectivity index (χ1) is 18.9. The van der Waals surface area contributed by atoms with Crippen LogP contribution in [0.4, 0.5) is 20.3 Å². The highest BCUT2D eigenvalue weighted by Gasteiger charge is 2.32. The summed E-state index contributed by atoms with van der Waals surface area (Å²) in [5, 5.41) is 0. The Morgan fingerprint density at radius 3 is 2.10 bits per heavy atom. The van der Waals surface area contributed by atoms with Crippen molar-refractivity contribution in [2.75, 3.05) is 43.2 Å². The average Bonchev–Trinajstić information content (AvgIpc) is 3.65. The molecule has 2 fully saturated rings. The first kappa shape index (κ1) is 27.0. The second-order valence-corrected chi connectivity index (χ2v) is 10.1. The van der Waals surface area contributed by atoms with Crippen LogP contribution in [0, 0.1) is 11.6 Å². The Hall–Kier alpha value is -3.60. The molecular formula is C29H35F2N7O. The maximum Gasteiger partial charge on any atom is 0.164 e. The van der Waals surface area contributed by atoms with Crippen LogP contribution in [-0.2, 0) is 11.8 Å². The number of hydrogen-bond donors (Lipinski definition) is 2. The molecule has 3 N–H and O–H groups in total. The number of nitrogen functional groups attached to an aromatic ring is 1. The zero-order valence-corrected chi connectivity index (χ0v) is 22.4. The maximum absolute atomic E-state index is 13.6. The molecule has 2 aliphatic heterocycles. The average molecular weight is 536 g/mol. The van der Waals surface area contributed by atoms with Gasteiger partial charge in [-0.25, -0.2) is 24.6 Å². The number of nitrogens with zero attached hydrogens (tertiary/aromatic N) is 5. The van der Waals surface area contributed by atoms with Gasteiger partial charge in [0.25, 0.3) is 0 Å². The minimum absolute atomic E-state index is 0.112. The van der Waals surface area contributed by atoms with Crippen molar-refractivity contribution in [2.45, 2.75) is 31.8 Å². The number of halogens is 2. The highest BCUT2D eigenvalue weighted by molar-refractivity contribution is 5.88. The lowest BCUT2D eigenvalue weighted by atomic mass is 9.95. The van der Waals surface area contributed by atoms with Crippen molar-refractivity contribution in [3.63, 3.8) is 0 Å². The van der Waals surface area contributed by atoms with Crippen LogP contribution in [0.5, 0.6) is 0 Å². The molecule has 6 rings (SSSR count). The molecule has 4 aromatic rings. The van der Waals surface area contributed by atoms with Gasteiger partial charge in [-0.1, -0.05) is 24.3 Å². The van der Waals surface area contributed by atoms with Crippen molar-refractivity contribution in [3.8, 4) is 0 Å². The fraction of sp³-hybridized carbons (Fsp3) is 0.379. The Bertz CT molecular complexity index is 1320. The molecule has 39 heavy (non-hydrogen) atoms. The van der Waals surface area contributed by atoms with Crippen LogP contribution >= 0.6 is 0 Å². The molecule has 8 nitrogen and oxygen atoms in total. The molecule has 0 amide bonds. The number of benzene rings is 2. The number of aryl methyl sites for hydroxylation is 1. The molecule has 4 heterocycles. The summed E-state index contributed by atoms with van der Waals surface area (Å²) in [4.78, 5) is 13.8. The molecule has 0 radical (unpaired) electrons. The highest BCUT2D eigenvalue weighted by atomic mass is 19.1. The minimum Gasteiger partial charge on any atom is -0.381 e. The summed E-state index contributed by atoms with van der Waals surface area (Å²) in [7, 11) is 1.91. The number of fused-ring (bicyclic) bond motifs is 1. The van der Waals surface area contributed by atoms with Gasteiger partial charge in [-0.3, -0.25) is 4.90 Å². The highest BCUT2D eigenvalue weighted by Crippen LogP contribution is 2.34. The molecule has 0 saturated carbocycles. The quantitative estimate of drug-likeness (QED) is 0.285. The van der Waals surface area contributed by atoms with Crippen LogP contribution in [0.2, 0.25) is 0 Å². The summed E-state index contributed by atoms with van der Waals surface area (Å²) in [6.45, 7) is 6.43. The van der Waals surface area contributed by atoms with Crippen LogP contribution in [-0.4, -0.2) is 58.3 Å². The Morgan fingerprint density at radius 1 is 0.974 bits per heavy atom. The van der Waals surface area contributed by atoms with Crippen molar-refractivity contribution < 1.29 is 13.5 Å². The number of rotatable bonds is 5. The molecule has 0 bridgehead atoms. The van der Waals surface area contributed by atoms with Gasteiger partial charge in [0.05, 0.1) is 18.1 Å². The first-order valence-corrected chi connectivity index (χ1v) is 13.3. The fourth-order valence-electron chi connectivity index (χ4n) is 5.37. The zero-order chi connectivity index (χ0) is 27.4. The predicted molar refractivity (Wildman–Crippen MR) is 149 cm³/mol. The molecular weight excluding hydrogens is 500 g/mol. The van der Waals surface area contributed by atoms with E-state index in [-0.39, 0.29) is 23.7 Å². The summed E-state index contributed by atoms with van der Waals surface area (Å²) in [5.74, 6) is 5.71. The normalized spacial score (nSPS) is 17.9. The van der Waals surface area contributed by atoms with E-state index in [0.717, 1.165) is 60.8 Å². The smallest absolute Gasteiger partial charge is 0.164 e. The van der Waals surface area contributed by atoms with Crippen LogP contribution < -0.4 is 16.2 Å². The fourth-order valence-corrected chi connectivity index (χ4v) is 5.37. The van der Waals surface area contributed by atoms with E-state index in [2.05, 4.69) is 32.1 Å². The van der Waals surface area contributed by atoms with E-state index in [4.69, 9.17) is 10.6 Å². The summed E-state index contributed by atoms with van der Waals surface area (Å²) in [5.41, 5.74) is 7.17. The number of anilines is 2. The van der Waals surface area contributed by atoms with Crippen LogP contribution in [0.3, 0.4) is 0 Å². The molecule has 2 aromatic carbocycles. The number of nitrogens with two attached hydrogens (primary N) is 1. The van der Waals surface area contributed by atoms with Gasteiger partial charge in [-0.15, -0.1) is 0 Å². The van der Waals surface area contributed by atoms with Gasteiger partial charge in [0.1, 0.15) is 23.0 Å². The van der Waals surface area contributed by atoms with Crippen molar-refractivity contribution in [1.82, 2.24) is 19.4 Å². The number of hydrogen-bond acceptors (Lipinski definition) is 7. The molecule has 1 atom stereocenters. The number of hydrazine groups is 1. The summed E-state index contributed by atoms with van der Waals surface area (Å²) < 4.78 is 34.1. The largest absolute Gasteiger partial charge is 0.381 e. The van der Waals surface area contributed by atoms with Crippen molar-refractivity contribution >= 4 is 22.7 Å². The molecule has 0 aliphatic carbocycles. The predicted octanol–water partition coefficient (Wildman–Crippen LogP) is 4.63. The number of imidazole rings is 1. The zero-order valence-electron chi connectivity index (χ0n) is 22.4. The van der Waals surface area contributed by atoms with Gasteiger partial charge >= 0.3 is 0 Å². The van der Waals surface area contributed by atoms with Crippen LogP contribution in [0.1, 0.15) is 36.9 Å². The summed E-state index contributed by atoms with van der Waals surface area (Å²) in [6, 6.07) is 15.1. The number of nitrogens with one attached hydrogen (secondary N) is 1. The van der Waals surface area contributed by atoms with Crippen molar-refractivity contribution in [2.24, 2.45) is 12.9 Å². The third-order valence-corrected chi connectivity index (χ3v) is 7.33. The number of piperazine rings is 1. The Morgan fingerprint density at radius 2 is 1.59 bits per heavy atom.